The summed E-state index contributed by atoms with van der Waals surface area (Å²) in [5.41, 5.74) is 0.129. The van der Waals surface area contributed by atoms with Crippen LogP contribution in [0.25, 0.3) is 0 Å². The molecule has 1 fully saturated rings. The number of carbonyl (C=O) groups excluding carboxylic acids is 4. The molecule has 0 aliphatic heterocycles. The summed E-state index contributed by atoms with van der Waals surface area (Å²) < 4.78 is 43.2. The summed E-state index contributed by atoms with van der Waals surface area (Å²) in [5, 5.41) is 5.18. The van der Waals surface area contributed by atoms with Crippen molar-refractivity contribution in [1.82, 2.24) is 20.3 Å². The first-order chi connectivity index (χ1) is 20.0. The first-order valence-corrected chi connectivity index (χ1v) is 15.2. The van der Waals surface area contributed by atoms with Gasteiger partial charge in [-0.25, -0.2) is 22.9 Å². The van der Waals surface area contributed by atoms with Crippen molar-refractivity contribution in [3.8, 4) is 11.6 Å². The highest BCUT2D eigenvalue weighted by Crippen LogP contribution is 2.27. The Hall–Kier alpha value is -4.20. The Bertz CT molecular complexity index is 1370. The number of hydrogen-bond donors (Lipinski definition) is 3. The van der Waals surface area contributed by atoms with Crippen LogP contribution in [-0.4, -0.2) is 63.1 Å². The van der Waals surface area contributed by atoms with Crippen LogP contribution >= 0.6 is 0 Å². The molecule has 1 aliphatic carbocycles. The number of nitrogens with one attached hydrogen (secondary N) is 3. The second kappa shape index (κ2) is 15.1. The summed E-state index contributed by atoms with van der Waals surface area (Å²) in [6.07, 6.45) is 5.11. The van der Waals surface area contributed by atoms with Gasteiger partial charge in [-0.2, -0.15) is 0 Å². The molecule has 0 atom stereocenters. The van der Waals surface area contributed by atoms with E-state index in [1.165, 1.54) is 30.3 Å². The molecule has 13 nitrogen and oxygen atoms in total. The van der Waals surface area contributed by atoms with Gasteiger partial charge in [0, 0.05) is 23.9 Å². The number of rotatable bonds is 12. The van der Waals surface area contributed by atoms with E-state index >= 15 is 0 Å². The molecule has 1 aromatic heterocycles. The molecule has 1 aromatic carbocycles. The second-order valence-corrected chi connectivity index (χ2v) is 11.7. The molecule has 42 heavy (non-hydrogen) atoms. The third-order valence-corrected chi connectivity index (χ3v) is 7.47. The molecule has 0 radical (unpaired) electrons. The number of esters is 1. The Labute approximate surface area is 244 Å². The molecule has 14 heteroatoms. The number of nitrogens with zero attached hydrogens (tertiary/aromatic N) is 1. The molecule has 0 bridgehead atoms. The van der Waals surface area contributed by atoms with Crippen LogP contribution in [0.3, 0.4) is 0 Å². The third kappa shape index (κ3) is 9.72. The minimum Gasteiger partial charge on any atom is -0.488 e. The van der Waals surface area contributed by atoms with Gasteiger partial charge in [0.05, 0.1) is 23.7 Å². The van der Waals surface area contributed by atoms with Crippen LogP contribution in [0.1, 0.15) is 73.6 Å². The van der Waals surface area contributed by atoms with E-state index in [1.54, 1.807) is 6.92 Å². The average Bonchev–Trinajstić information content (AvgIpc) is 2.96. The van der Waals surface area contributed by atoms with Gasteiger partial charge >= 0.3 is 12.1 Å². The van der Waals surface area contributed by atoms with E-state index in [1.807, 2.05) is 18.6 Å². The standard InChI is InChI=1S/C28H36N4O9S/c1-4-39-24(33)16-30-28(36)41-27-23(40-17-18(2)3)14-20(15-29-27)26(35)32-42(37,38)22-12-10-19(11-13-22)25(34)31-21-8-6-5-7-9-21/h10-15,18,21H,4-9,16-17H2,1-3H3,(H,30,36)(H,31,34)(H,32,35). The second-order valence-electron chi connectivity index (χ2n) is 10.0. The third-order valence-electron chi connectivity index (χ3n) is 6.12. The Morgan fingerprint density at radius 3 is 2.33 bits per heavy atom. The first kappa shape index (κ1) is 32.3. The van der Waals surface area contributed by atoms with Crippen molar-refractivity contribution in [2.45, 2.75) is 63.8 Å². The number of carbonyl (C=O) groups is 4. The molecule has 3 N–H and O–H groups in total. The maximum Gasteiger partial charge on any atom is 0.414 e. The molecule has 1 heterocycles. The van der Waals surface area contributed by atoms with Gasteiger partial charge in [0.1, 0.15) is 6.54 Å². The van der Waals surface area contributed by atoms with Gasteiger partial charge in [-0.05, 0) is 49.9 Å². The number of sulfonamides is 1. The summed E-state index contributed by atoms with van der Waals surface area (Å²) in [7, 11) is -4.30. The molecule has 0 saturated heterocycles. The Morgan fingerprint density at radius 1 is 1.00 bits per heavy atom. The highest BCUT2D eigenvalue weighted by molar-refractivity contribution is 7.90. The highest BCUT2D eigenvalue weighted by Gasteiger charge is 2.23. The number of amides is 3. The minimum absolute atomic E-state index is 0.0565. The van der Waals surface area contributed by atoms with Crippen LogP contribution in [0.2, 0.25) is 0 Å². The molecular weight excluding hydrogens is 568 g/mol. The van der Waals surface area contributed by atoms with E-state index in [4.69, 9.17) is 14.2 Å². The fourth-order valence-electron chi connectivity index (χ4n) is 4.01. The Kier molecular flexibility index (Phi) is 11.7. The van der Waals surface area contributed by atoms with Gasteiger partial charge in [0.15, 0.2) is 5.75 Å². The van der Waals surface area contributed by atoms with Gasteiger partial charge in [-0.15, -0.1) is 0 Å². The zero-order valence-corrected chi connectivity index (χ0v) is 24.6. The normalized spacial score (nSPS) is 13.6. The molecule has 2 aromatic rings. The lowest BCUT2D eigenvalue weighted by Gasteiger charge is -2.22. The van der Waals surface area contributed by atoms with Crippen molar-refractivity contribution in [2.75, 3.05) is 19.8 Å². The van der Waals surface area contributed by atoms with E-state index in [0.29, 0.717) is 5.56 Å². The van der Waals surface area contributed by atoms with E-state index < -0.39 is 34.5 Å². The van der Waals surface area contributed by atoms with Crippen LogP contribution in [0.5, 0.6) is 11.6 Å². The fourth-order valence-corrected chi connectivity index (χ4v) is 4.99. The maximum atomic E-state index is 12.9. The number of benzene rings is 1. The largest absolute Gasteiger partial charge is 0.488 e. The van der Waals surface area contributed by atoms with Gasteiger partial charge in [-0.1, -0.05) is 33.1 Å². The topological polar surface area (TPSA) is 179 Å². The predicted octanol–water partition coefficient (Wildman–Crippen LogP) is 2.95. The Balaban J connectivity index is 1.68. The number of ether oxygens (including phenoxy) is 3. The lowest BCUT2D eigenvalue weighted by molar-refractivity contribution is -0.141. The molecule has 1 saturated carbocycles. The van der Waals surface area contributed by atoms with Crippen molar-refractivity contribution >= 4 is 33.9 Å². The first-order valence-electron chi connectivity index (χ1n) is 13.7. The van der Waals surface area contributed by atoms with Gasteiger partial charge in [0.2, 0.25) is 0 Å². The quantitative estimate of drug-likeness (QED) is 0.305. The molecule has 3 amide bonds. The van der Waals surface area contributed by atoms with Crippen LogP contribution in [-0.2, 0) is 19.6 Å². The monoisotopic (exact) mass is 604 g/mol. The van der Waals surface area contributed by atoms with Crippen LogP contribution in [0.4, 0.5) is 4.79 Å². The van der Waals surface area contributed by atoms with Gasteiger partial charge in [-0.3, -0.25) is 14.4 Å². The summed E-state index contributed by atoms with van der Waals surface area (Å²) >= 11 is 0. The van der Waals surface area contributed by atoms with Gasteiger partial charge < -0.3 is 24.8 Å². The van der Waals surface area contributed by atoms with Crippen LogP contribution in [0.15, 0.2) is 41.4 Å². The summed E-state index contributed by atoms with van der Waals surface area (Å²) in [6.45, 7) is 5.25. The minimum atomic E-state index is -4.30. The molecule has 0 unspecified atom stereocenters. The van der Waals surface area contributed by atoms with E-state index in [0.717, 1.165) is 38.3 Å². The molecule has 1 aliphatic rings. The van der Waals surface area contributed by atoms with Crippen LogP contribution in [0, 0.1) is 5.92 Å². The highest BCUT2D eigenvalue weighted by atomic mass is 32.2. The zero-order chi connectivity index (χ0) is 30.7. The van der Waals surface area contributed by atoms with E-state index in [2.05, 4.69) is 15.6 Å². The van der Waals surface area contributed by atoms with E-state index in [9.17, 15) is 27.6 Å². The number of hydrogen-bond acceptors (Lipinski definition) is 10. The molecule has 0 spiro atoms. The van der Waals surface area contributed by atoms with Crippen molar-refractivity contribution < 1.29 is 41.8 Å². The summed E-state index contributed by atoms with van der Waals surface area (Å²) in [4.78, 5) is 52.7. The summed E-state index contributed by atoms with van der Waals surface area (Å²) in [5.74, 6) is -2.28. The summed E-state index contributed by atoms with van der Waals surface area (Å²) in [6, 6.07) is 6.55. The lowest BCUT2D eigenvalue weighted by atomic mass is 9.95. The van der Waals surface area contributed by atoms with Crippen molar-refractivity contribution in [3.05, 3.63) is 47.7 Å². The molecule has 228 valence electrons. The van der Waals surface area contributed by atoms with Crippen molar-refractivity contribution in [1.29, 1.82) is 0 Å². The zero-order valence-electron chi connectivity index (χ0n) is 23.8. The SMILES string of the molecule is CCOC(=O)CNC(=O)Oc1ncc(C(=O)NS(=O)(=O)c2ccc(C(=O)NC3CCCCC3)cc2)cc1OCC(C)C. The molecule has 3 rings (SSSR count). The lowest BCUT2D eigenvalue weighted by Crippen LogP contribution is -2.36. The number of pyridine rings is 1. The predicted molar refractivity (Wildman–Crippen MR) is 151 cm³/mol. The van der Waals surface area contributed by atoms with E-state index in [-0.39, 0.29) is 53.2 Å². The smallest absolute Gasteiger partial charge is 0.414 e. The average molecular weight is 605 g/mol. The van der Waals surface area contributed by atoms with Crippen molar-refractivity contribution in [2.24, 2.45) is 5.92 Å². The fraction of sp³-hybridized carbons (Fsp3) is 0.464. The number of aromatic nitrogens is 1. The maximum absolute atomic E-state index is 12.9. The Morgan fingerprint density at radius 2 is 1.69 bits per heavy atom. The van der Waals surface area contributed by atoms with Crippen molar-refractivity contribution in [3.63, 3.8) is 0 Å². The van der Waals surface area contributed by atoms with Crippen LogP contribution < -0.4 is 24.8 Å². The van der Waals surface area contributed by atoms with Gasteiger partial charge in [0.25, 0.3) is 27.7 Å². The molecular formula is C28H36N4O9S.